The Morgan fingerprint density at radius 2 is 1.12 bits per heavy atom. The summed E-state index contributed by atoms with van der Waals surface area (Å²) < 4.78 is 0. The number of nitrogen functional groups attached to an aromatic ring is 2. The van der Waals surface area contributed by atoms with Gasteiger partial charge in [0.1, 0.15) is 0 Å². The lowest BCUT2D eigenvalue weighted by molar-refractivity contribution is 1.64. The molecule has 0 aliphatic heterocycles. The van der Waals surface area contributed by atoms with Gasteiger partial charge >= 0.3 is 0 Å². The third-order valence-corrected chi connectivity index (χ3v) is 4.91. The Bertz CT molecular complexity index is 1200. The van der Waals surface area contributed by atoms with Crippen molar-refractivity contribution in [1.29, 1.82) is 0 Å². The average Bonchev–Trinajstić information content (AvgIpc) is 2.60. The van der Waals surface area contributed by atoms with Crippen molar-refractivity contribution in [3.05, 3.63) is 72.8 Å². The van der Waals surface area contributed by atoms with E-state index in [-0.39, 0.29) is 0 Å². The normalized spacial score (nSPS) is 11.7. The zero-order valence-electron chi connectivity index (χ0n) is 13.1. The van der Waals surface area contributed by atoms with E-state index in [1.165, 1.54) is 32.3 Å². The standard InChI is InChI=1S/C22H16N2/c23-18-8-3-9-19(24)22(18)17-12-15-6-1-4-13-10-11-14-5-2-7-16(17)21(14)20(13)15/h1-12H,23-24H2. The van der Waals surface area contributed by atoms with Gasteiger partial charge in [0, 0.05) is 16.9 Å². The molecule has 0 spiro atoms. The highest BCUT2D eigenvalue weighted by Gasteiger charge is 2.15. The van der Waals surface area contributed by atoms with Crippen LogP contribution in [-0.4, -0.2) is 0 Å². The maximum absolute atomic E-state index is 6.28. The van der Waals surface area contributed by atoms with Crippen molar-refractivity contribution in [2.45, 2.75) is 0 Å². The van der Waals surface area contributed by atoms with Crippen LogP contribution in [0.4, 0.5) is 11.4 Å². The van der Waals surface area contributed by atoms with Crippen molar-refractivity contribution < 1.29 is 0 Å². The van der Waals surface area contributed by atoms with Gasteiger partial charge in [0.05, 0.1) is 0 Å². The highest BCUT2D eigenvalue weighted by Crippen LogP contribution is 2.43. The number of hydrogen-bond donors (Lipinski definition) is 2. The first-order chi connectivity index (χ1) is 11.7. The first kappa shape index (κ1) is 13.2. The molecular formula is C22H16N2. The maximum atomic E-state index is 6.28. The highest BCUT2D eigenvalue weighted by molar-refractivity contribution is 6.26. The predicted octanol–water partition coefficient (Wildman–Crippen LogP) is 5.42. The smallest absolute Gasteiger partial charge is 0.0414 e. The van der Waals surface area contributed by atoms with Crippen LogP contribution in [0.15, 0.2) is 72.8 Å². The molecule has 0 saturated heterocycles. The second-order valence-electron chi connectivity index (χ2n) is 6.28. The molecule has 4 N–H and O–H groups in total. The summed E-state index contributed by atoms with van der Waals surface area (Å²) in [6.07, 6.45) is 0. The van der Waals surface area contributed by atoms with Gasteiger partial charge in [-0.25, -0.2) is 0 Å². The molecule has 114 valence electrons. The number of benzene rings is 5. The van der Waals surface area contributed by atoms with Gasteiger partial charge in [0.25, 0.3) is 0 Å². The van der Waals surface area contributed by atoms with Gasteiger partial charge in [0.15, 0.2) is 0 Å². The molecular weight excluding hydrogens is 292 g/mol. The van der Waals surface area contributed by atoms with E-state index in [1.807, 2.05) is 18.2 Å². The molecule has 5 rings (SSSR count). The molecule has 0 aliphatic rings. The molecule has 2 nitrogen and oxygen atoms in total. The van der Waals surface area contributed by atoms with Crippen molar-refractivity contribution in [1.82, 2.24) is 0 Å². The first-order valence-electron chi connectivity index (χ1n) is 8.05. The first-order valence-corrected chi connectivity index (χ1v) is 8.05. The topological polar surface area (TPSA) is 52.0 Å². The monoisotopic (exact) mass is 308 g/mol. The molecule has 0 aromatic heterocycles. The van der Waals surface area contributed by atoms with Crippen molar-refractivity contribution in [3.8, 4) is 11.1 Å². The number of nitrogens with two attached hydrogens (primary N) is 2. The third-order valence-electron chi connectivity index (χ3n) is 4.91. The summed E-state index contributed by atoms with van der Waals surface area (Å²) in [6, 6.07) is 25.2. The van der Waals surface area contributed by atoms with E-state index >= 15 is 0 Å². The molecule has 2 heteroatoms. The summed E-state index contributed by atoms with van der Waals surface area (Å²) in [5.41, 5.74) is 16.0. The Balaban J connectivity index is 2.07. The Labute approximate surface area is 139 Å². The highest BCUT2D eigenvalue weighted by atomic mass is 14.6. The van der Waals surface area contributed by atoms with E-state index in [1.54, 1.807) is 0 Å². The van der Waals surface area contributed by atoms with Crippen molar-refractivity contribution in [3.63, 3.8) is 0 Å². The summed E-state index contributed by atoms with van der Waals surface area (Å²) in [5.74, 6) is 0. The van der Waals surface area contributed by atoms with E-state index in [2.05, 4.69) is 54.6 Å². The summed E-state index contributed by atoms with van der Waals surface area (Å²) in [7, 11) is 0. The van der Waals surface area contributed by atoms with Crippen LogP contribution in [0.3, 0.4) is 0 Å². The van der Waals surface area contributed by atoms with E-state index in [0.717, 1.165) is 11.1 Å². The SMILES string of the molecule is Nc1cccc(N)c1-c1cc2cccc3ccc4cccc1c4c32. The van der Waals surface area contributed by atoms with Crippen LogP contribution < -0.4 is 11.5 Å². The van der Waals surface area contributed by atoms with Crippen LogP contribution in [0.25, 0.3) is 43.4 Å². The second kappa shape index (κ2) is 4.62. The number of rotatable bonds is 1. The maximum Gasteiger partial charge on any atom is 0.0414 e. The van der Waals surface area contributed by atoms with Crippen molar-refractivity contribution >= 4 is 43.7 Å². The quantitative estimate of drug-likeness (QED) is 0.321. The molecule has 24 heavy (non-hydrogen) atoms. The molecule has 0 aliphatic carbocycles. The lowest BCUT2D eigenvalue weighted by Crippen LogP contribution is -1.97. The van der Waals surface area contributed by atoms with Gasteiger partial charge < -0.3 is 11.5 Å². The van der Waals surface area contributed by atoms with Crippen LogP contribution in [0, 0.1) is 0 Å². The van der Waals surface area contributed by atoms with E-state index in [9.17, 15) is 0 Å². The molecule has 0 saturated carbocycles. The second-order valence-corrected chi connectivity index (χ2v) is 6.28. The van der Waals surface area contributed by atoms with Crippen molar-refractivity contribution in [2.24, 2.45) is 0 Å². The average molecular weight is 308 g/mol. The molecule has 0 radical (unpaired) electrons. The Hall–Kier alpha value is -3.26. The summed E-state index contributed by atoms with van der Waals surface area (Å²) in [4.78, 5) is 0. The minimum Gasteiger partial charge on any atom is -0.398 e. The number of anilines is 2. The summed E-state index contributed by atoms with van der Waals surface area (Å²) >= 11 is 0. The largest absolute Gasteiger partial charge is 0.398 e. The predicted molar refractivity (Wildman–Crippen MR) is 104 cm³/mol. The lowest BCUT2D eigenvalue weighted by atomic mass is 9.88. The van der Waals surface area contributed by atoms with Crippen LogP contribution >= 0.6 is 0 Å². The Morgan fingerprint density at radius 1 is 0.542 bits per heavy atom. The molecule has 5 aromatic rings. The fourth-order valence-electron chi connectivity index (χ4n) is 3.87. The van der Waals surface area contributed by atoms with Crippen LogP contribution in [0.5, 0.6) is 0 Å². The molecule has 0 atom stereocenters. The fourth-order valence-corrected chi connectivity index (χ4v) is 3.87. The molecule has 5 aromatic carbocycles. The van der Waals surface area contributed by atoms with Crippen LogP contribution in [0.2, 0.25) is 0 Å². The zero-order chi connectivity index (χ0) is 16.3. The Kier molecular flexibility index (Phi) is 2.54. The van der Waals surface area contributed by atoms with E-state index in [4.69, 9.17) is 11.5 Å². The van der Waals surface area contributed by atoms with Gasteiger partial charge in [-0.15, -0.1) is 0 Å². The fraction of sp³-hybridized carbons (Fsp3) is 0. The lowest BCUT2D eigenvalue weighted by Gasteiger charge is -2.17. The summed E-state index contributed by atoms with van der Waals surface area (Å²) in [5, 5.41) is 7.51. The van der Waals surface area contributed by atoms with Gasteiger partial charge in [-0.2, -0.15) is 0 Å². The van der Waals surface area contributed by atoms with Crippen LogP contribution in [-0.2, 0) is 0 Å². The molecule has 0 fully saturated rings. The van der Waals surface area contributed by atoms with Gasteiger partial charge in [0.2, 0.25) is 0 Å². The van der Waals surface area contributed by atoms with Gasteiger partial charge in [-0.1, -0.05) is 54.6 Å². The third kappa shape index (κ3) is 1.65. The van der Waals surface area contributed by atoms with E-state index < -0.39 is 0 Å². The molecule has 0 amide bonds. The minimum atomic E-state index is 0.713. The van der Waals surface area contributed by atoms with E-state index in [0.29, 0.717) is 11.4 Å². The number of hydrogen-bond acceptors (Lipinski definition) is 2. The van der Waals surface area contributed by atoms with Crippen LogP contribution in [0.1, 0.15) is 0 Å². The molecule has 0 unspecified atom stereocenters. The summed E-state index contributed by atoms with van der Waals surface area (Å²) in [6.45, 7) is 0. The Morgan fingerprint density at radius 3 is 1.88 bits per heavy atom. The zero-order valence-corrected chi connectivity index (χ0v) is 13.1. The van der Waals surface area contributed by atoms with Gasteiger partial charge in [-0.3, -0.25) is 0 Å². The van der Waals surface area contributed by atoms with Crippen molar-refractivity contribution in [2.75, 3.05) is 11.5 Å². The molecule has 0 heterocycles. The van der Waals surface area contributed by atoms with Gasteiger partial charge in [-0.05, 0) is 56.1 Å². The molecule has 0 bridgehead atoms. The minimum absolute atomic E-state index is 0.713.